The molecule has 0 saturated carbocycles. The van der Waals surface area contributed by atoms with E-state index < -0.39 is 0 Å². The van der Waals surface area contributed by atoms with E-state index in [9.17, 15) is 0 Å². The van der Waals surface area contributed by atoms with Crippen LogP contribution in [0.5, 0.6) is 0 Å². The lowest BCUT2D eigenvalue weighted by Gasteiger charge is -2.08. The van der Waals surface area contributed by atoms with E-state index >= 15 is 0 Å². The topological polar surface area (TPSA) is 38.1 Å². The van der Waals surface area contributed by atoms with Crippen molar-refractivity contribution in [3.8, 4) is 0 Å². The van der Waals surface area contributed by atoms with Gasteiger partial charge in [0, 0.05) is 19.4 Å². The molecule has 0 spiro atoms. The van der Waals surface area contributed by atoms with Gasteiger partial charge in [-0.15, -0.1) is 0 Å². The molecule has 0 amide bonds. The minimum atomic E-state index is 0.850. The third-order valence-electron chi connectivity index (χ3n) is 1.95. The molecule has 2 heterocycles. The van der Waals surface area contributed by atoms with E-state index in [4.69, 9.17) is 4.42 Å². The summed E-state index contributed by atoms with van der Waals surface area (Å²) in [6.07, 6.45) is 1.91. The molecule has 0 aliphatic carbocycles. The SMILES string of the molecule is CCc1nc2c(o1)CNCC2. The second kappa shape index (κ2) is 2.66. The maximum absolute atomic E-state index is 5.48. The van der Waals surface area contributed by atoms with Gasteiger partial charge in [0.15, 0.2) is 5.89 Å². The molecule has 60 valence electrons. The van der Waals surface area contributed by atoms with E-state index in [1.807, 2.05) is 0 Å². The lowest BCUT2D eigenvalue weighted by Crippen LogP contribution is -2.22. The van der Waals surface area contributed by atoms with E-state index in [2.05, 4.69) is 17.2 Å². The van der Waals surface area contributed by atoms with Gasteiger partial charge in [-0.1, -0.05) is 6.92 Å². The van der Waals surface area contributed by atoms with Gasteiger partial charge in [-0.3, -0.25) is 0 Å². The van der Waals surface area contributed by atoms with Crippen LogP contribution in [0.15, 0.2) is 4.42 Å². The third kappa shape index (κ3) is 1.16. The van der Waals surface area contributed by atoms with Crippen LogP contribution in [0.2, 0.25) is 0 Å². The number of hydrogen-bond acceptors (Lipinski definition) is 3. The molecular formula is C8H12N2O. The molecule has 1 aliphatic rings. The predicted octanol–water partition coefficient (Wildman–Crippen LogP) is 0.883. The highest BCUT2D eigenvalue weighted by molar-refractivity contribution is 5.12. The largest absolute Gasteiger partial charge is 0.444 e. The van der Waals surface area contributed by atoms with Gasteiger partial charge in [-0.05, 0) is 0 Å². The average molecular weight is 152 g/mol. The molecule has 0 aromatic carbocycles. The Hall–Kier alpha value is -0.830. The zero-order chi connectivity index (χ0) is 7.68. The number of nitrogens with zero attached hydrogens (tertiary/aromatic N) is 1. The van der Waals surface area contributed by atoms with E-state index in [0.29, 0.717) is 0 Å². The van der Waals surface area contributed by atoms with Gasteiger partial charge in [0.2, 0.25) is 0 Å². The molecular weight excluding hydrogens is 140 g/mol. The zero-order valence-corrected chi connectivity index (χ0v) is 6.68. The van der Waals surface area contributed by atoms with Gasteiger partial charge in [-0.25, -0.2) is 4.98 Å². The van der Waals surface area contributed by atoms with Crippen LogP contribution in [0.3, 0.4) is 0 Å². The van der Waals surface area contributed by atoms with Gasteiger partial charge in [-0.2, -0.15) is 0 Å². The van der Waals surface area contributed by atoms with Gasteiger partial charge < -0.3 is 9.73 Å². The number of aromatic nitrogens is 1. The molecule has 1 N–H and O–H groups in total. The first-order chi connectivity index (χ1) is 5.40. The molecule has 0 saturated heterocycles. The van der Waals surface area contributed by atoms with E-state index in [1.54, 1.807) is 0 Å². The van der Waals surface area contributed by atoms with Gasteiger partial charge in [0.25, 0.3) is 0 Å². The fourth-order valence-corrected chi connectivity index (χ4v) is 1.33. The van der Waals surface area contributed by atoms with Crippen LogP contribution >= 0.6 is 0 Å². The quantitative estimate of drug-likeness (QED) is 0.649. The molecule has 1 aliphatic heterocycles. The smallest absolute Gasteiger partial charge is 0.194 e. The maximum atomic E-state index is 5.48. The number of fused-ring (bicyclic) bond motifs is 1. The summed E-state index contributed by atoms with van der Waals surface area (Å²) in [5.41, 5.74) is 1.15. The minimum Gasteiger partial charge on any atom is -0.444 e. The van der Waals surface area contributed by atoms with Gasteiger partial charge in [0.05, 0.1) is 12.2 Å². The molecule has 11 heavy (non-hydrogen) atoms. The summed E-state index contributed by atoms with van der Waals surface area (Å²) in [5.74, 6) is 1.91. The monoisotopic (exact) mass is 152 g/mol. The van der Waals surface area contributed by atoms with Crippen LogP contribution in [0.1, 0.15) is 24.3 Å². The van der Waals surface area contributed by atoms with Crippen LogP contribution in [0, 0.1) is 0 Å². The summed E-state index contributed by atoms with van der Waals surface area (Å²) in [7, 11) is 0. The van der Waals surface area contributed by atoms with Crippen molar-refractivity contribution >= 4 is 0 Å². The Labute approximate surface area is 65.8 Å². The molecule has 0 fully saturated rings. The molecule has 2 rings (SSSR count). The van der Waals surface area contributed by atoms with E-state index in [0.717, 1.165) is 43.3 Å². The number of rotatable bonds is 1. The Morgan fingerprint density at radius 1 is 1.64 bits per heavy atom. The van der Waals surface area contributed by atoms with Crippen molar-refractivity contribution in [1.82, 2.24) is 10.3 Å². The van der Waals surface area contributed by atoms with Crippen LogP contribution in [0.4, 0.5) is 0 Å². The first-order valence-electron chi connectivity index (χ1n) is 4.08. The van der Waals surface area contributed by atoms with Crippen molar-refractivity contribution in [3.05, 3.63) is 17.3 Å². The summed E-state index contributed by atoms with van der Waals surface area (Å²) in [5, 5.41) is 3.24. The summed E-state index contributed by atoms with van der Waals surface area (Å²) in [4.78, 5) is 4.36. The first-order valence-corrected chi connectivity index (χ1v) is 4.08. The lowest BCUT2D eigenvalue weighted by atomic mass is 10.2. The average Bonchev–Trinajstić information content (AvgIpc) is 2.46. The van der Waals surface area contributed by atoms with Crippen molar-refractivity contribution in [2.24, 2.45) is 0 Å². The van der Waals surface area contributed by atoms with E-state index in [1.165, 1.54) is 0 Å². The molecule has 3 nitrogen and oxygen atoms in total. The summed E-state index contributed by atoms with van der Waals surface area (Å²) in [6.45, 7) is 3.94. The summed E-state index contributed by atoms with van der Waals surface area (Å²) >= 11 is 0. The Morgan fingerprint density at radius 2 is 2.55 bits per heavy atom. The van der Waals surface area contributed by atoms with Gasteiger partial charge in [0.1, 0.15) is 5.76 Å². The Balaban J connectivity index is 2.32. The predicted molar refractivity (Wildman–Crippen MR) is 41.3 cm³/mol. The standard InChI is InChI=1S/C8H12N2O/c1-2-8-10-6-3-4-9-5-7(6)11-8/h9H,2-5H2,1H3. The Kier molecular flexibility index (Phi) is 1.66. The molecule has 0 unspecified atom stereocenters. The van der Waals surface area contributed by atoms with Crippen molar-refractivity contribution in [2.75, 3.05) is 6.54 Å². The number of hydrogen-bond donors (Lipinski definition) is 1. The van der Waals surface area contributed by atoms with Crippen LogP contribution < -0.4 is 5.32 Å². The van der Waals surface area contributed by atoms with Crippen molar-refractivity contribution in [1.29, 1.82) is 0 Å². The second-order valence-corrected chi connectivity index (χ2v) is 2.76. The zero-order valence-electron chi connectivity index (χ0n) is 6.68. The molecule has 1 aromatic rings. The fourth-order valence-electron chi connectivity index (χ4n) is 1.33. The highest BCUT2D eigenvalue weighted by Gasteiger charge is 2.14. The molecule has 3 heteroatoms. The highest BCUT2D eigenvalue weighted by atomic mass is 16.4. The first kappa shape index (κ1) is 6.85. The number of nitrogens with one attached hydrogen (secondary N) is 1. The van der Waals surface area contributed by atoms with Crippen LogP contribution in [0.25, 0.3) is 0 Å². The third-order valence-corrected chi connectivity index (χ3v) is 1.95. The Bertz CT molecular complexity index is 231. The van der Waals surface area contributed by atoms with Crippen LogP contribution in [-0.2, 0) is 19.4 Å². The van der Waals surface area contributed by atoms with Crippen molar-refractivity contribution < 1.29 is 4.42 Å². The van der Waals surface area contributed by atoms with Crippen molar-refractivity contribution in [2.45, 2.75) is 26.3 Å². The molecule has 0 radical (unpaired) electrons. The summed E-state index contributed by atoms with van der Waals surface area (Å²) < 4.78 is 5.48. The van der Waals surface area contributed by atoms with Crippen molar-refractivity contribution in [3.63, 3.8) is 0 Å². The normalized spacial score (nSPS) is 16.5. The molecule has 0 atom stereocenters. The highest BCUT2D eigenvalue weighted by Crippen LogP contribution is 2.14. The second-order valence-electron chi connectivity index (χ2n) is 2.76. The lowest BCUT2D eigenvalue weighted by molar-refractivity contribution is 0.432. The Morgan fingerprint density at radius 3 is 3.27 bits per heavy atom. The molecule has 1 aromatic heterocycles. The maximum Gasteiger partial charge on any atom is 0.194 e. The van der Waals surface area contributed by atoms with Gasteiger partial charge >= 0.3 is 0 Å². The fraction of sp³-hybridized carbons (Fsp3) is 0.625. The minimum absolute atomic E-state index is 0.850. The van der Waals surface area contributed by atoms with E-state index in [-0.39, 0.29) is 0 Å². The number of oxazole rings is 1. The summed E-state index contributed by atoms with van der Waals surface area (Å²) in [6, 6.07) is 0. The molecule has 0 bridgehead atoms. The van der Waals surface area contributed by atoms with Crippen LogP contribution in [-0.4, -0.2) is 11.5 Å². The number of aryl methyl sites for hydroxylation is 1.